The number of amides is 1. The lowest BCUT2D eigenvalue weighted by Crippen LogP contribution is -2.50. The Hall–Kier alpha value is -3.63. The second-order valence-electron chi connectivity index (χ2n) is 6.24. The van der Waals surface area contributed by atoms with Crippen LogP contribution in [0.5, 0.6) is 5.75 Å². The van der Waals surface area contributed by atoms with Crippen LogP contribution in [0.1, 0.15) is 16.2 Å². The smallest absolute Gasteiger partial charge is 0.272 e. The molecular weight excluding hydrogens is 381 g/mol. The fraction of sp³-hybridized carbons (Fsp3) is 0.176. The summed E-state index contributed by atoms with van der Waals surface area (Å²) in [6, 6.07) is 8.45. The van der Waals surface area contributed by atoms with Crippen molar-refractivity contribution in [2.24, 2.45) is 0 Å². The molecule has 6 radical (unpaired) electrons. The second-order valence-corrected chi connectivity index (χ2v) is 6.24. The molecule has 3 heterocycles. The number of hydrogen-bond donors (Lipinski definition) is 3. The normalized spacial score (nSPS) is 10.9. The predicted molar refractivity (Wildman–Crippen MR) is 114 cm³/mol. The molecule has 0 aliphatic heterocycles. The van der Waals surface area contributed by atoms with E-state index in [1.54, 1.807) is 30.5 Å². The fourth-order valence-corrected chi connectivity index (χ4v) is 2.35. The van der Waals surface area contributed by atoms with Crippen molar-refractivity contribution in [1.29, 1.82) is 0 Å². The van der Waals surface area contributed by atoms with Gasteiger partial charge in [0.05, 0.1) is 42.0 Å². The van der Waals surface area contributed by atoms with Crippen LogP contribution >= 0.6 is 0 Å². The zero-order chi connectivity index (χ0) is 21.7. The Morgan fingerprint density at radius 2 is 1.80 bits per heavy atom. The Morgan fingerprint density at radius 1 is 1.03 bits per heavy atom. The Labute approximate surface area is 176 Å². The molecule has 0 aliphatic rings. The Morgan fingerprint density at radius 3 is 2.47 bits per heavy atom. The number of rotatable bonds is 7. The summed E-state index contributed by atoms with van der Waals surface area (Å²) in [6.45, 7) is 1.82. The molecule has 3 aromatic rings. The second kappa shape index (κ2) is 8.81. The van der Waals surface area contributed by atoms with E-state index >= 15 is 0 Å². The van der Waals surface area contributed by atoms with Gasteiger partial charge in [-0.15, -0.1) is 15.3 Å². The molecule has 0 atom stereocenters. The molecule has 0 fully saturated rings. The zero-order valence-electron chi connectivity index (χ0n) is 16.2. The Balaban J connectivity index is 1.97. The molecule has 13 heteroatoms. The van der Waals surface area contributed by atoms with Crippen molar-refractivity contribution >= 4 is 52.6 Å². The van der Waals surface area contributed by atoms with Crippen LogP contribution in [0.4, 0.5) is 23.1 Å². The van der Waals surface area contributed by atoms with E-state index in [9.17, 15) is 4.79 Å². The van der Waals surface area contributed by atoms with Crippen molar-refractivity contribution in [3.8, 4) is 5.75 Å². The largest absolute Gasteiger partial charge is 0.493 e. The first-order chi connectivity index (χ1) is 14.2. The summed E-state index contributed by atoms with van der Waals surface area (Å²) in [4.78, 5) is 16.8. The van der Waals surface area contributed by atoms with Crippen molar-refractivity contribution in [1.82, 2.24) is 30.7 Å². The van der Waals surface area contributed by atoms with Gasteiger partial charge in [-0.3, -0.25) is 4.79 Å². The molecule has 30 heavy (non-hydrogen) atoms. The lowest BCUT2D eigenvalue weighted by Gasteiger charge is -2.22. The summed E-state index contributed by atoms with van der Waals surface area (Å²) in [5.74, 6) is 0.794. The van der Waals surface area contributed by atoms with Gasteiger partial charge in [0.2, 0.25) is 0 Å². The van der Waals surface area contributed by atoms with E-state index in [0.717, 1.165) is 5.69 Å². The maximum Gasteiger partial charge on any atom is 0.272 e. The summed E-state index contributed by atoms with van der Waals surface area (Å²) >= 11 is 0. The van der Waals surface area contributed by atoms with Gasteiger partial charge >= 0.3 is 0 Å². The average molecular weight is 396 g/mol. The number of nitrogens with zero attached hydrogens (tertiary/aromatic N) is 5. The third-order valence-electron chi connectivity index (χ3n) is 3.64. The Kier molecular flexibility index (Phi) is 6.19. The molecule has 0 aromatic carbocycles. The maximum atomic E-state index is 12.5. The van der Waals surface area contributed by atoms with Gasteiger partial charge in [0.25, 0.3) is 5.91 Å². The van der Waals surface area contributed by atoms with Crippen molar-refractivity contribution < 1.29 is 9.53 Å². The van der Waals surface area contributed by atoms with Crippen LogP contribution in [-0.2, 0) is 0 Å². The number of methoxy groups -OCH3 is 1. The molecule has 0 bridgehead atoms. The molecule has 0 spiro atoms. The summed E-state index contributed by atoms with van der Waals surface area (Å²) < 4.78 is 5.28. The standard InChI is InChI=1S/C17H15B3N8O2/c1-9-5-6-12(26-25-9)23-13-8-10(22-15-11(30-2)4-3-7-21-15)14(28-27-13)16(29)24-17(18,19)20/h3-8H,1-2H3,(H,24,29)(H2,21,22,23,26,27). The third-order valence-corrected chi connectivity index (χ3v) is 3.64. The van der Waals surface area contributed by atoms with Gasteiger partial charge in [0, 0.05) is 12.3 Å². The molecule has 0 saturated carbocycles. The van der Waals surface area contributed by atoms with E-state index in [4.69, 9.17) is 28.3 Å². The predicted octanol–water partition coefficient (Wildman–Crippen LogP) is 0.312. The van der Waals surface area contributed by atoms with E-state index in [1.807, 2.05) is 6.92 Å². The highest BCUT2D eigenvalue weighted by Gasteiger charge is 2.21. The SMILES string of the molecule is [B]C([B])([B])NC(=O)c1nnc(Nc2ccc(C)nn2)cc1Nc1ncccc1OC. The number of pyridine rings is 1. The number of aryl methyl sites for hydroxylation is 1. The van der Waals surface area contributed by atoms with Crippen LogP contribution in [-0.4, -0.2) is 67.2 Å². The van der Waals surface area contributed by atoms with Gasteiger partial charge in [-0.2, -0.15) is 5.10 Å². The number of nitrogens with one attached hydrogen (secondary N) is 3. The topological polar surface area (TPSA) is 127 Å². The first kappa shape index (κ1) is 21.1. The van der Waals surface area contributed by atoms with Crippen LogP contribution < -0.4 is 20.7 Å². The fourth-order valence-electron chi connectivity index (χ4n) is 2.35. The number of carbonyl (C=O) groups is 1. The highest BCUT2D eigenvalue weighted by atomic mass is 16.5. The van der Waals surface area contributed by atoms with Crippen LogP contribution in [0, 0.1) is 6.92 Å². The van der Waals surface area contributed by atoms with Crippen LogP contribution in [0.15, 0.2) is 36.5 Å². The molecular formula is C17H15B3N8O2. The summed E-state index contributed by atoms with van der Waals surface area (Å²) in [5.41, 5.74) is 0.886. The molecule has 10 nitrogen and oxygen atoms in total. The van der Waals surface area contributed by atoms with E-state index in [0.29, 0.717) is 23.2 Å². The summed E-state index contributed by atoms with van der Waals surface area (Å²) in [6.07, 6.45) is 1.56. The van der Waals surface area contributed by atoms with E-state index in [-0.39, 0.29) is 11.4 Å². The number of aromatic nitrogens is 5. The number of anilines is 4. The summed E-state index contributed by atoms with van der Waals surface area (Å²) in [7, 11) is 17.9. The van der Waals surface area contributed by atoms with Crippen molar-refractivity contribution in [3.63, 3.8) is 0 Å². The monoisotopic (exact) mass is 396 g/mol. The zero-order valence-corrected chi connectivity index (χ0v) is 16.2. The van der Waals surface area contributed by atoms with Gasteiger partial charge < -0.3 is 20.7 Å². The molecule has 1 amide bonds. The molecule has 3 N–H and O–H groups in total. The molecule has 3 aromatic heterocycles. The summed E-state index contributed by atoms with van der Waals surface area (Å²) in [5, 5.41) is 22.2. The number of hydrogen-bond acceptors (Lipinski definition) is 9. The van der Waals surface area contributed by atoms with Gasteiger partial charge in [-0.05, 0) is 31.2 Å². The lowest BCUT2D eigenvalue weighted by molar-refractivity contribution is 0.0947. The van der Waals surface area contributed by atoms with Crippen molar-refractivity contribution in [2.45, 2.75) is 12.2 Å². The first-order valence-electron chi connectivity index (χ1n) is 8.65. The highest BCUT2D eigenvalue weighted by molar-refractivity contribution is 6.60. The highest BCUT2D eigenvalue weighted by Crippen LogP contribution is 2.27. The minimum absolute atomic E-state index is 0.117. The molecule has 3 rings (SSSR count). The average Bonchev–Trinajstić information content (AvgIpc) is 2.69. The minimum Gasteiger partial charge on any atom is -0.493 e. The number of carbonyl (C=O) groups excluding carboxylic acids is 1. The Bertz CT molecular complexity index is 1040. The maximum absolute atomic E-state index is 12.5. The number of ether oxygens (including phenoxy) is 1. The third kappa shape index (κ3) is 5.46. The van der Waals surface area contributed by atoms with Gasteiger partial charge in [0.1, 0.15) is 0 Å². The van der Waals surface area contributed by atoms with Crippen molar-refractivity contribution in [2.75, 3.05) is 17.7 Å². The van der Waals surface area contributed by atoms with E-state index < -0.39 is 11.1 Å². The van der Waals surface area contributed by atoms with E-state index in [2.05, 4.69) is 41.3 Å². The molecule has 0 unspecified atom stereocenters. The first-order valence-corrected chi connectivity index (χ1v) is 8.65. The van der Waals surface area contributed by atoms with E-state index in [1.165, 1.54) is 13.2 Å². The van der Waals surface area contributed by atoms with Crippen molar-refractivity contribution in [3.05, 3.63) is 47.9 Å². The molecule has 0 aliphatic carbocycles. The van der Waals surface area contributed by atoms with Crippen LogP contribution in [0.25, 0.3) is 0 Å². The lowest BCUT2D eigenvalue weighted by atomic mass is 9.49. The quantitative estimate of drug-likeness (QED) is 0.484. The van der Waals surface area contributed by atoms with Gasteiger partial charge in [0.15, 0.2) is 28.9 Å². The van der Waals surface area contributed by atoms with Crippen LogP contribution in [0.3, 0.4) is 0 Å². The minimum atomic E-state index is -1.94. The van der Waals surface area contributed by atoms with Crippen LogP contribution in [0.2, 0.25) is 0 Å². The molecule has 0 saturated heterocycles. The van der Waals surface area contributed by atoms with Gasteiger partial charge in [-0.1, -0.05) is 5.24 Å². The molecule has 144 valence electrons. The van der Waals surface area contributed by atoms with Gasteiger partial charge in [-0.25, -0.2) is 4.98 Å².